The van der Waals surface area contributed by atoms with Crippen LogP contribution in [-0.2, 0) is 9.84 Å². The van der Waals surface area contributed by atoms with Crippen LogP contribution < -0.4 is 5.32 Å². The highest BCUT2D eigenvalue weighted by Crippen LogP contribution is 2.41. The summed E-state index contributed by atoms with van der Waals surface area (Å²) in [5, 5.41) is 19.2. The van der Waals surface area contributed by atoms with Crippen molar-refractivity contribution in [1.29, 1.82) is 10.7 Å². The first-order chi connectivity index (χ1) is 13.8. The van der Waals surface area contributed by atoms with Crippen LogP contribution in [0.15, 0.2) is 24.3 Å². The van der Waals surface area contributed by atoms with E-state index in [1.54, 1.807) is 6.07 Å². The summed E-state index contributed by atoms with van der Waals surface area (Å²) >= 11 is 0.808. The third-order valence-corrected chi connectivity index (χ3v) is 8.62. The van der Waals surface area contributed by atoms with Crippen molar-refractivity contribution in [2.45, 2.75) is 30.3 Å². The zero-order valence-corrected chi connectivity index (χ0v) is 16.9. The average Bonchev–Trinajstić information content (AvgIpc) is 3.00. The molecule has 1 aliphatic rings. The topological polar surface area (TPSA) is 93.8 Å². The van der Waals surface area contributed by atoms with Crippen molar-refractivity contribution >= 4 is 27.0 Å². The van der Waals surface area contributed by atoms with Gasteiger partial charge in [-0.05, 0) is 30.7 Å². The molecule has 1 aromatic carbocycles. The van der Waals surface area contributed by atoms with Crippen molar-refractivity contribution in [2.24, 2.45) is 0 Å². The monoisotopic (exact) mass is 463 g/mol. The van der Waals surface area contributed by atoms with Crippen LogP contribution in [0.3, 0.4) is 0 Å². The smallest absolute Gasteiger partial charge is 0.364 e. The molecule has 1 aromatic heterocycles. The Labute approximate surface area is 172 Å². The molecule has 3 rings (SSSR count). The van der Waals surface area contributed by atoms with Crippen molar-refractivity contribution in [1.82, 2.24) is 5.32 Å². The van der Waals surface area contributed by atoms with Crippen LogP contribution in [0.25, 0.3) is 10.4 Å². The molecule has 1 saturated heterocycles. The molecule has 2 aromatic rings. The fourth-order valence-corrected chi connectivity index (χ4v) is 6.18. The van der Waals surface area contributed by atoms with Gasteiger partial charge in [0.1, 0.15) is 28.3 Å². The maximum atomic E-state index is 14.6. The summed E-state index contributed by atoms with van der Waals surface area (Å²) in [5.74, 6) is -3.27. The lowest BCUT2D eigenvalue weighted by atomic mass is 10.0. The first-order valence-electron chi connectivity index (χ1n) is 8.41. The highest BCUT2D eigenvalue weighted by molar-refractivity contribution is 7.93. The number of hydrogen-bond donors (Lipinski definition) is 2. The summed E-state index contributed by atoms with van der Waals surface area (Å²) < 4.78 is 89.4. The van der Waals surface area contributed by atoms with Crippen molar-refractivity contribution in [3.05, 3.63) is 46.3 Å². The molecule has 12 heteroatoms. The molecule has 30 heavy (non-hydrogen) atoms. The normalized spacial score (nSPS) is 23.6. The van der Waals surface area contributed by atoms with Crippen LogP contribution in [0.4, 0.5) is 22.0 Å². The van der Waals surface area contributed by atoms with E-state index in [4.69, 9.17) is 10.7 Å². The Bertz CT molecular complexity index is 1170. The van der Waals surface area contributed by atoms with Gasteiger partial charge in [0.05, 0.1) is 28.7 Å². The van der Waals surface area contributed by atoms with Gasteiger partial charge in [-0.25, -0.2) is 17.2 Å². The summed E-state index contributed by atoms with van der Waals surface area (Å²) in [5.41, 5.74) is 0.0599. The Morgan fingerprint density at radius 2 is 1.97 bits per heavy atom. The number of sulfone groups is 1. The Balaban J connectivity index is 1.96. The minimum absolute atomic E-state index is 0.116. The van der Waals surface area contributed by atoms with Crippen molar-refractivity contribution < 1.29 is 30.4 Å². The van der Waals surface area contributed by atoms with Crippen LogP contribution in [-0.4, -0.2) is 30.9 Å². The highest BCUT2D eigenvalue weighted by Gasteiger charge is 2.55. The lowest BCUT2D eigenvalue weighted by Gasteiger charge is -2.38. The van der Waals surface area contributed by atoms with Crippen molar-refractivity contribution in [2.75, 3.05) is 5.75 Å². The quantitative estimate of drug-likeness (QED) is 0.664. The summed E-state index contributed by atoms with van der Waals surface area (Å²) in [7, 11) is -4.45. The third-order valence-electron chi connectivity index (χ3n) is 4.86. The zero-order chi connectivity index (χ0) is 22.5. The van der Waals surface area contributed by atoms with Crippen LogP contribution in [0.5, 0.6) is 0 Å². The lowest BCUT2D eigenvalue weighted by Crippen LogP contribution is -2.59. The van der Waals surface area contributed by atoms with E-state index in [-0.39, 0.29) is 15.3 Å². The molecule has 1 fully saturated rings. The van der Waals surface area contributed by atoms with Gasteiger partial charge in [-0.15, -0.1) is 11.3 Å². The number of hydrogen-bond acceptors (Lipinski definition) is 5. The van der Waals surface area contributed by atoms with Gasteiger partial charge >= 0.3 is 6.18 Å². The molecule has 2 N–H and O–H groups in total. The Morgan fingerprint density at radius 1 is 1.30 bits per heavy atom. The second-order valence-electron chi connectivity index (χ2n) is 7.01. The molecule has 0 radical (unpaired) electrons. The molecule has 0 aliphatic carbocycles. The van der Waals surface area contributed by atoms with Crippen LogP contribution in [0, 0.1) is 28.4 Å². The summed E-state index contributed by atoms with van der Waals surface area (Å²) in [6, 6.07) is 5.03. The lowest BCUT2D eigenvalue weighted by molar-refractivity contribution is -0.137. The fraction of sp³-hybridized carbons (Fsp3) is 0.333. The predicted molar refractivity (Wildman–Crippen MR) is 101 cm³/mol. The van der Waals surface area contributed by atoms with E-state index < -0.39 is 56.4 Å². The summed E-state index contributed by atoms with van der Waals surface area (Å²) in [6.45, 7) is 0.819. The second-order valence-corrected chi connectivity index (χ2v) is 10.6. The van der Waals surface area contributed by atoms with Gasteiger partial charge in [0.15, 0.2) is 9.84 Å². The highest BCUT2D eigenvalue weighted by atomic mass is 32.2. The molecular weight excluding hydrogens is 449 g/mol. The molecule has 5 nitrogen and oxygen atoms in total. The van der Waals surface area contributed by atoms with Crippen LogP contribution >= 0.6 is 11.3 Å². The van der Waals surface area contributed by atoms with E-state index in [0.717, 1.165) is 30.4 Å². The first-order valence-corrected chi connectivity index (χ1v) is 10.9. The number of nitrogens with one attached hydrogen (secondary N) is 2. The predicted octanol–water partition coefficient (Wildman–Crippen LogP) is 4.31. The van der Waals surface area contributed by atoms with Gasteiger partial charge in [0.2, 0.25) is 0 Å². The maximum Gasteiger partial charge on any atom is 0.391 e. The largest absolute Gasteiger partial charge is 0.391 e. The molecule has 0 bridgehead atoms. The van der Waals surface area contributed by atoms with E-state index >= 15 is 0 Å². The van der Waals surface area contributed by atoms with Crippen molar-refractivity contribution in [3.63, 3.8) is 0 Å². The van der Waals surface area contributed by atoms with Gasteiger partial charge in [-0.1, -0.05) is 6.07 Å². The molecule has 0 spiro atoms. The summed E-state index contributed by atoms with van der Waals surface area (Å²) in [4.78, 5) is 0.156. The van der Waals surface area contributed by atoms with E-state index in [1.165, 1.54) is 12.1 Å². The van der Waals surface area contributed by atoms with Crippen molar-refractivity contribution in [3.8, 4) is 16.5 Å². The van der Waals surface area contributed by atoms with Gasteiger partial charge in [0, 0.05) is 4.88 Å². The molecule has 1 aliphatic heterocycles. The van der Waals surface area contributed by atoms with Gasteiger partial charge in [-0.3, -0.25) is 5.41 Å². The van der Waals surface area contributed by atoms with E-state index in [2.05, 4.69) is 5.32 Å². The minimum atomic E-state index is -4.81. The van der Waals surface area contributed by atoms with E-state index in [1.807, 2.05) is 0 Å². The maximum absolute atomic E-state index is 14.6. The average molecular weight is 463 g/mol. The van der Waals surface area contributed by atoms with E-state index in [9.17, 15) is 30.4 Å². The molecule has 2 heterocycles. The first kappa shape index (κ1) is 22.2. The SMILES string of the molecule is CC1(CC(F)(F)F)C(=N)NC(c2sc(-c3ccc(F)c(C#N)c3)cc2F)CS1(=O)=O. The molecule has 2 unspecified atom stereocenters. The van der Waals surface area contributed by atoms with Gasteiger partial charge in [0.25, 0.3) is 0 Å². The number of halogens is 5. The molecular formula is C18H14F5N3O2S2. The van der Waals surface area contributed by atoms with Gasteiger partial charge < -0.3 is 5.32 Å². The van der Waals surface area contributed by atoms with Gasteiger partial charge in [-0.2, -0.15) is 18.4 Å². The zero-order valence-electron chi connectivity index (χ0n) is 15.3. The van der Waals surface area contributed by atoms with Crippen LogP contribution in [0.2, 0.25) is 0 Å². The summed E-state index contributed by atoms with van der Waals surface area (Å²) in [6.07, 6.45) is -6.55. The van der Waals surface area contributed by atoms with E-state index in [0.29, 0.717) is 5.56 Å². The number of thiophene rings is 1. The number of benzene rings is 1. The number of nitrogens with zero attached hydrogens (tertiary/aromatic N) is 1. The van der Waals surface area contributed by atoms with Crippen LogP contribution in [0.1, 0.15) is 29.8 Å². The minimum Gasteiger partial charge on any atom is -0.364 e. The molecule has 160 valence electrons. The number of amidine groups is 1. The third kappa shape index (κ3) is 3.91. The fourth-order valence-electron chi connectivity index (χ4n) is 3.18. The number of alkyl halides is 3. The molecule has 2 atom stereocenters. The Kier molecular flexibility index (Phi) is 5.41. The standard InChI is InChI=1S/C18H14F5N3O2S2/c1-17(8-18(21,22)23)16(25)26-13(7-30(17,27)28)15-12(20)5-14(29-15)9-2-3-11(19)10(4-9)6-24/h2-5,13H,7-8H2,1H3,(H2,25,26). The Hall–Kier alpha value is -2.52. The number of rotatable bonds is 3. The second kappa shape index (κ2) is 7.31. The number of nitriles is 1. The Morgan fingerprint density at radius 3 is 2.53 bits per heavy atom. The molecule has 0 amide bonds. The molecule has 0 saturated carbocycles.